The molecule has 2 aliphatic carbocycles. The minimum Gasteiger partial charge on any atom is -0.472 e. The normalized spacial score (nSPS) is 27.4. The van der Waals surface area contributed by atoms with E-state index in [1.165, 1.54) is 4.90 Å². The fourth-order valence-electron chi connectivity index (χ4n) is 6.76. The first-order chi connectivity index (χ1) is 24.9. The van der Waals surface area contributed by atoms with Gasteiger partial charge in [-0.05, 0) is 70.4 Å². The quantitative estimate of drug-likeness (QED) is 0.344. The Kier molecular flexibility index (Phi) is 10.5. The molecule has 3 fully saturated rings. The number of nitrogens with one attached hydrogen (secondary N) is 3. The first-order valence-electron chi connectivity index (χ1n) is 17.7. The highest BCUT2D eigenvalue weighted by Gasteiger charge is 2.62. The zero-order valence-corrected chi connectivity index (χ0v) is 31.7. The summed E-state index contributed by atoms with van der Waals surface area (Å²) in [5.41, 5.74) is -2.55. The van der Waals surface area contributed by atoms with E-state index in [1.807, 2.05) is 30.3 Å². The molecule has 16 nitrogen and oxygen atoms in total. The molecule has 2 aromatic rings. The number of hydrogen-bond donors (Lipinski definition) is 3. The summed E-state index contributed by atoms with van der Waals surface area (Å²) in [5.74, 6) is -2.68. The minimum atomic E-state index is -3.95. The van der Waals surface area contributed by atoms with Crippen molar-refractivity contribution in [2.75, 3.05) is 25.9 Å². The number of hydrogen-bond acceptors (Lipinski definition) is 11. The molecule has 2 saturated carbocycles. The van der Waals surface area contributed by atoms with Gasteiger partial charge in [-0.2, -0.15) is 4.31 Å². The molecule has 5 atom stereocenters. The van der Waals surface area contributed by atoms with Gasteiger partial charge in [-0.15, -0.1) is 0 Å². The Bertz CT molecular complexity index is 2030. The second-order valence-electron chi connectivity index (χ2n) is 15.2. The fraction of sp³-hybridized carbons (Fsp3) is 0.571. The maximum absolute atomic E-state index is 14.6. The average molecular weight is 775 g/mol. The highest BCUT2D eigenvalue weighted by molar-refractivity contribution is 7.91. The third-order valence-electron chi connectivity index (χ3n) is 9.72. The average Bonchev–Trinajstić information content (AvgIpc) is 3.99. The first kappa shape index (κ1) is 38.4. The molecule has 4 amide bonds. The van der Waals surface area contributed by atoms with E-state index in [2.05, 4.69) is 20.3 Å². The van der Waals surface area contributed by atoms with Crippen molar-refractivity contribution in [3.8, 4) is 5.88 Å². The second kappa shape index (κ2) is 14.5. The highest BCUT2D eigenvalue weighted by atomic mass is 32.2. The van der Waals surface area contributed by atoms with Crippen LogP contribution >= 0.6 is 0 Å². The third-order valence-corrected chi connectivity index (χ3v) is 12.8. The lowest BCUT2D eigenvalue weighted by Gasteiger charge is -2.32. The van der Waals surface area contributed by atoms with E-state index >= 15 is 0 Å². The Labute approximate surface area is 309 Å². The summed E-state index contributed by atoms with van der Waals surface area (Å²) in [6.07, 6.45) is 5.91. The molecule has 3 heterocycles. The molecular formula is C35H46N6O10S2. The lowest BCUT2D eigenvalue weighted by Crippen LogP contribution is -2.60. The Morgan fingerprint density at radius 2 is 1.79 bits per heavy atom. The second-order valence-corrected chi connectivity index (χ2v) is 19.1. The fourth-order valence-corrected chi connectivity index (χ4v) is 9.01. The topological polar surface area (TPSA) is 210 Å². The van der Waals surface area contributed by atoms with Crippen molar-refractivity contribution in [2.45, 2.75) is 93.9 Å². The van der Waals surface area contributed by atoms with Crippen LogP contribution in [0.25, 0.3) is 10.8 Å². The van der Waals surface area contributed by atoms with E-state index in [9.17, 15) is 36.0 Å². The van der Waals surface area contributed by atoms with E-state index in [1.54, 1.807) is 39.1 Å². The Balaban J connectivity index is 1.36. The van der Waals surface area contributed by atoms with Crippen molar-refractivity contribution in [2.24, 2.45) is 5.92 Å². The van der Waals surface area contributed by atoms with Crippen molar-refractivity contribution in [1.82, 2.24) is 29.5 Å². The van der Waals surface area contributed by atoms with Crippen LogP contribution in [-0.2, 0) is 39.2 Å². The monoisotopic (exact) mass is 774 g/mol. The number of nitrogens with zero attached hydrogens (tertiary/aromatic N) is 3. The number of benzene rings is 1. The van der Waals surface area contributed by atoms with Gasteiger partial charge in [0.2, 0.25) is 37.7 Å². The van der Waals surface area contributed by atoms with Crippen LogP contribution in [0.3, 0.4) is 0 Å². The molecule has 6 rings (SSSR count). The summed E-state index contributed by atoms with van der Waals surface area (Å²) in [5, 5.41) is 6.20. The van der Waals surface area contributed by atoms with Gasteiger partial charge in [0.05, 0.1) is 18.1 Å². The number of rotatable bonds is 7. The summed E-state index contributed by atoms with van der Waals surface area (Å²) in [6, 6.07) is 6.45. The van der Waals surface area contributed by atoms with Crippen molar-refractivity contribution in [3.63, 3.8) is 0 Å². The molecule has 288 valence electrons. The number of amides is 4. The van der Waals surface area contributed by atoms with Gasteiger partial charge >= 0.3 is 6.09 Å². The number of carbonyl (C=O) groups is 4. The van der Waals surface area contributed by atoms with E-state index in [-0.39, 0.29) is 31.8 Å². The zero-order valence-electron chi connectivity index (χ0n) is 30.1. The predicted molar refractivity (Wildman–Crippen MR) is 193 cm³/mol. The number of allylic oxidation sites excluding steroid dienone is 1. The third kappa shape index (κ3) is 8.92. The lowest BCUT2D eigenvalue weighted by molar-refractivity contribution is -0.141. The number of fused-ring (bicyclic) bond motifs is 3. The van der Waals surface area contributed by atoms with Crippen LogP contribution in [0, 0.1) is 5.92 Å². The van der Waals surface area contributed by atoms with E-state index in [0.717, 1.165) is 15.9 Å². The molecule has 3 N–H and O–H groups in total. The summed E-state index contributed by atoms with van der Waals surface area (Å²) < 4.78 is 66.6. The Morgan fingerprint density at radius 3 is 2.49 bits per heavy atom. The smallest absolute Gasteiger partial charge is 0.408 e. The first-order valence-corrected chi connectivity index (χ1v) is 21.1. The zero-order chi connectivity index (χ0) is 38.3. The summed E-state index contributed by atoms with van der Waals surface area (Å²) in [7, 11) is -7.84. The minimum absolute atomic E-state index is 0.00201. The van der Waals surface area contributed by atoms with Gasteiger partial charge in [0.25, 0.3) is 5.91 Å². The van der Waals surface area contributed by atoms with E-state index in [0.29, 0.717) is 31.1 Å². The maximum Gasteiger partial charge on any atom is 0.408 e. The number of carbonyl (C=O) groups excluding carboxylic acids is 4. The molecule has 2 aliphatic heterocycles. The number of aromatic nitrogens is 1. The van der Waals surface area contributed by atoms with Crippen LogP contribution in [0.4, 0.5) is 4.79 Å². The molecular weight excluding hydrogens is 729 g/mol. The van der Waals surface area contributed by atoms with Crippen LogP contribution in [-0.4, -0.2) is 115 Å². The molecule has 1 saturated heterocycles. The van der Waals surface area contributed by atoms with E-state index < -0.39 is 90.9 Å². The van der Waals surface area contributed by atoms with Crippen molar-refractivity contribution in [1.29, 1.82) is 0 Å². The van der Waals surface area contributed by atoms with Gasteiger partial charge < -0.3 is 25.0 Å². The molecule has 0 bridgehead atoms. The molecule has 0 radical (unpaired) electrons. The molecule has 1 aromatic carbocycles. The summed E-state index contributed by atoms with van der Waals surface area (Å²) in [6.45, 7) is 4.30. The van der Waals surface area contributed by atoms with Crippen molar-refractivity contribution >= 4 is 54.6 Å². The van der Waals surface area contributed by atoms with Crippen LogP contribution in [0.15, 0.2) is 48.7 Å². The van der Waals surface area contributed by atoms with Crippen LogP contribution in [0.5, 0.6) is 5.88 Å². The van der Waals surface area contributed by atoms with Gasteiger partial charge in [-0.25, -0.2) is 26.6 Å². The standard InChI is InChI=1S/C35H46N6O10S2/c1-34(2,3)51-33(45)37-27-21-40(52(4,46)47)17-9-5-6-11-23-19-35(23,32(44)39-53(48,49)25-13-14-25)38-29(42)28-18-24(20-41(28)31(27)43)50-30-26-12-8-7-10-22(26)15-16-36-30/h6-8,10-12,15-16,23-25,27-28H,5,9,13-14,17-21H2,1-4H3,(H,37,45)(H,38,42)(H,39,44)/t23-,24-,27+,28+,35-/m1/s1. The van der Waals surface area contributed by atoms with Crippen LogP contribution in [0.1, 0.15) is 59.3 Å². The van der Waals surface area contributed by atoms with Crippen LogP contribution in [0.2, 0.25) is 0 Å². The molecule has 0 spiro atoms. The van der Waals surface area contributed by atoms with Gasteiger partial charge in [-0.1, -0.05) is 30.4 Å². The van der Waals surface area contributed by atoms with Gasteiger partial charge in [0.15, 0.2) is 0 Å². The number of pyridine rings is 1. The van der Waals surface area contributed by atoms with Crippen molar-refractivity contribution in [3.05, 3.63) is 48.7 Å². The van der Waals surface area contributed by atoms with Gasteiger partial charge in [0.1, 0.15) is 29.3 Å². The summed E-state index contributed by atoms with van der Waals surface area (Å²) in [4.78, 5) is 61.3. The van der Waals surface area contributed by atoms with Gasteiger partial charge in [-0.3, -0.25) is 19.1 Å². The maximum atomic E-state index is 14.6. The molecule has 1 aromatic heterocycles. The molecule has 4 aliphatic rings. The Hall–Kier alpha value is -4.29. The molecule has 18 heteroatoms. The lowest BCUT2D eigenvalue weighted by atomic mass is 10.1. The number of sulfonamides is 2. The number of ether oxygens (including phenoxy) is 2. The SMILES string of the molecule is CC(C)(C)OC(=O)N[C@H]1CN(S(C)(=O)=O)CCCC=C[C@@H]2C[C@@]2(C(=O)NS(=O)(=O)C2CC2)NC(=O)[C@@H]2C[C@@H](Oc3nccc4ccccc34)CN2C1=O. The van der Waals surface area contributed by atoms with Gasteiger partial charge in [0, 0.05) is 37.0 Å². The van der Waals surface area contributed by atoms with E-state index in [4.69, 9.17) is 9.47 Å². The molecule has 0 unspecified atom stereocenters. The predicted octanol–water partition coefficient (Wildman–Crippen LogP) is 1.57. The van der Waals surface area contributed by atoms with Crippen LogP contribution < -0.4 is 20.1 Å². The summed E-state index contributed by atoms with van der Waals surface area (Å²) >= 11 is 0. The molecule has 53 heavy (non-hydrogen) atoms. The number of alkyl carbamates (subject to hydrolysis) is 1. The highest BCUT2D eigenvalue weighted by Crippen LogP contribution is 2.46. The largest absolute Gasteiger partial charge is 0.472 e. The Morgan fingerprint density at radius 1 is 1.06 bits per heavy atom. The van der Waals surface area contributed by atoms with Crippen molar-refractivity contribution < 1.29 is 45.5 Å².